The minimum atomic E-state index is -3.60. The summed E-state index contributed by atoms with van der Waals surface area (Å²) in [4.78, 5) is 2.22. The normalized spacial score (nSPS) is 11.4. The fourth-order valence-corrected chi connectivity index (χ4v) is 3.47. The molecule has 0 unspecified atom stereocenters. The molecule has 4 nitrogen and oxygen atoms in total. The molecule has 0 amide bonds. The summed E-state index contributed by atoms with van der Waals surface area (Å²) < 4.78 is 27.7. The number of benzene rings is 3. The molecular weight excluding hydrogens is 308 g/mol. The highest BCUT2D eigenvalue weighted by molar-refractivity contribution is 7.92. The maximum Gasteiger partial charge on any atom is 0.261 e. The smallest absolute Gasteiger partial charge is 0.261 e. The summed E-state index contributed by atoms with van der Waals surface area (Å²) in [5.41, 5.74) is 1.56. The second-order valence-electron chi connectivity index (χ2n) is 5.56. The molecule has 0 saturated carbocycles. The molecule has 118 valence electrons. The van der Waals surface area contributed by atoms with Gasteiger partial charge in [-0.05, 0) is 47.2 Å². The van der Waals surface area contributed by atoms with E-state index in [1.807, 2.05) is 61.5 Å². The molecule has 0 saturated heterocycles. The Labute approximate surface area is 136 Å². The van der Waals surface area contributed by atoms with Gasteiger partial charge in [0.2, 0.25) is 0 Å². The van der Waals surface area contributed by atoms with Crippen molar-refractivity contribution < 1.29 is 8.42 Å². The number of hydrogen-bond donors (Lipinski definition) is 1. The van der Waals surface area contributed by atoms with Crippen LogP contribution in [0.5, 0.6) is 0 Å². The Morgan fingerprint density at radius 2 is 1.48 bits per heavy atom. The molecule has 3 aromatic carbocycles. The molecule has 0 radical (unpaired) electrons. The van der Waals surface area contributed by atoms with E-state index in [0.29, 0.717) is 5.69 Å². The summed E-state index contributed by atoms with van der Waals surface area (Å²) in [5, 5.41) is 1.92. The van der Waals surface area contributed by atoms with Crippen LogP contribution in [0.2, 0.25) is 0 Å². The summed E-state index contributed by atoms with van der Waals surface area (Å²) in [7, 11) is 0.276. The minimum Gasteiger partial charge on any atom is -0.378 e. The lowest BCUT2D eigenvalue weighted by Crippen LogP contribution is -2.13. The van der Waals surface area contributed by atoms with Crippen molar-refractivity contribution in [2.75, 3.05) is 23.7 Å². The van der Waals surface area contributed by atoms with Crippen LogP contribution in [0, 0.1) is 0 Å². The lowest BCUT2D eigenvalue weighted by molar-refractivity contribution is 0.601. The zero-order valence-corrected chi connectivity index (χ0v) is 13.8. The van der Waals surface area contributed by atoms with Crippen molar-refractivity contribution in [2.24, 2.45) is 0 Å². The summed E-state index contributed by atoms with van der Waals surface area (Å²) >= 11 is 0. The average molecular weight is 326 g/mol. The maximum atomic E-state index is 12.5. The second kappa shape index (κ2) is 5.93. The van der Waals surface area contributed by atoms with E-state index in [0.717, 1.165) is 16.5 Å². The highest BCUT2D eigenvalue weighted by atomic mass is 32.2. The molecule has 3 aromatic rings. The highest BCUT2D eigenvalue weighted by Crippen LogP contribution is 2.22. The number of sulfonamides is 1. The molecule has 5 heteroatoms. The van der Waals surface area contributed by atoms with E-state index in [1.54, 1.807) is 24.3 Å². The molecule has 0 aliphatic rings. The monoisotopic (exact) mass is 326 g/mol. The number of hydrogen-bond acceptors (Lipinski definition) is 3. The molecule has 23 heavy (non-hydrogen) atoms. The van der Waals surface area contributed by atoms with Gasteiger partial charge in [0.1, 0.15) is 0 Å². The van der Waals surface area contributed by atoms with Gasteiger partial charge in [0, 0.05) is 25.5 Å². The van der Waals surface area contributed by atoms with Crippen LogP contribution in [0.4, 0.5) is 11.4 Å². The fourth-order valence-electron chi connectivity index (χ4n) is 2.38. The third kappa shape index (κ3) is 3.29. The molecule has 0 spiro atoms. The zero-order chi connectivity index (χ0) is 16.4. The minimum absolute atomic E-state index is 0.257. The van der Waals surface area contributed by atoms with Gasteiger partial charge in [-0.1, -0.05) is 30.3 Å². The van der Waals surface area contributed by atoms with E-state index >= 15 is 0 Å². The lowest BCUT2D eigenvalue weighted by Gasteiger charge is -2.13. The molecule has 0 atom stereocenters. The maximum absolute atomic E-state index is 12.5. The first-order chi connectivity index (χ1) is 11.0. The van der Waals surface area contributed by atoms with Crippen LogP contribution in [0.1, 0.15) is 0 Å². The first kappa shape index (κ1) is 15.4. The molecule has 3 rings (SSSR count). The summed E-state index contributed by atoms with van der Waals surface area (Å²) in [6.45, 7) is 0. The van der Waals surface area contributed by atoms with Crippen molar-refractivity contribution >= 4 is 32.2 Å². The predicted molar refractivity (Wildman–Crippen MR) is 95.5 cm³/mol. The number of fused-ring (bicyclic) bond motifs is 1. The zero-order valence-electron chi connectivity index (χ0n) is 13.0. The van der Waals surface area contributed by atoms with Crippen LogP contribution in [-0.2, 0) is 10.0 Å². The Kier molecular flexibility index (Phi) is 3.96. The summed E-state index contributed by atoms with van der Waals surface area (Å²) in [6.07, 6.45) is 0. The third-order valence-corrected chi connectivity index (χ3v) is 5.05. The average Bonchev–Trinajstić information content (AvgIpc) is 2.54. The highest BCUT2D eigenvalue weighted by Gasteiger charge is 2.14. The van der Waals surface area contributed by atoms with E-state index in [1.165, 1.54) is 0 Å². The van der Waals surface area contributed by atoms with Gasteiger partial charge in [-0.15, -0.1) is 0 Å². The van der Waals surface area contributed by atoms with Crippen molar-refractivity contribution in [3.05, 3.63) is 66.7 Å². The summed E-state index contributed by atoms with van der Waals surface area (Å²) in [5.74, 6) is 0. The molecule has 0 heterocycles. The first-order valence-corrected chi connectivity index (χ1v) is 8.73. The van der Waals surface area contributed by atoms with E-state index in [4.69, 9.17) is 0 Å². The fraction of sp³-hybridized carbons (Fsp3) is 0.111. The summed E-state index contributed by atoms with van der Waals surface area (Å²) in [6, 6.07) is 20.1. The molecule has 0 fully saturated rings. The second-order valence-corrected chi connectivity index (χ2v) is 7.24. The van der Waals surface area contributed by atoms with E-state index in [-0.39, 0.29) is 4.90 Å². The number of anilines is 2. The van der Waals surface area contributed by atoms with Crippen LogP contribution >= 0.6 is 0 Å². The van der Waals surface area contributed by atoms with Crippen LogP contribution in [0.3, 0.4) is 0 Å². The molecule has 1 N–H and O–H groups in total. The Morgan fingerprint density at radius 1 is 0.826 bits per heavy atom. The number of nitrogens with one attached hydrogen (secondary N) is 1. The van der Waals surface area contributed by atoms with E-state index < -0.39 is 10.0 Å². The molecule has 0 bridgehead atoms. The van der Waals surface area contributed by atoms with Crippen LogP contribution in [0.25, 0.3) is 10.8 Å². The van der Waals surface area contributed by atoms with Crippen molar-refractivity contribution in [2.45, 2.75) is 4.90 Å². The topological polar surface area (TPSA) is 49.4 Å². The number of nitrogens with zero attached hydrogens (tertiary/aromatic N) is 1. The predicted octanol–water partition coefficient (Wildman–Crippen LogP) is 3.71. The van der Waals surface area contributed by atoms with Gasteiger partial charge in [0.15, 0.2) is 0 Å². The first-order valence-electron chi connectivity index (χ1n) is 7.25. The SMILES string of the molecule is CN(C)c1ccc(NS(=O)(=O)c2ccc3ccccc3c2)cc1. The van der Waals surface area contributed by atoms with Gasteiger partial charge in [0.25, 0.3) is 10.0 Å². The van der Waals surface area contributed by atoms with Gasteiger partial charge >= 0.3 is 0 Å². The molecule has 0 aliphatic heterocycles. The van der Waals surface area contributed by atoms with Gasteiger partial charge in [-0.2, -0.15) is 0 Å². The molecule has 0 aromatic heterocycles. The van der Waals surface area contributed by atoms with Crippen molar-refractivity contribution in [1.82, 2.24) is 0 Å². The van der Waals surface area contributed by atoms with E-state index in [2.05, 4.69) is 4.72 Å². The quantitative estimate of drug-likeness (QED) is 0.795. The molecular formula is C18H18N2O2S. The number of rotatable bonds is 4. The largest absolute Gasteiger partial charge is 0.378 e. The Balaban J connectivity index is 1.90. The standard InChI is InChI=1S/C18H18N2O2S/c1-20(2)17-10-8-16(9-11-17)19-23(21,22)18-12-7-14-5-3-4-6-15(14)13-18/h3-13,19H,1-2H3. The Bertz CT molecular complexity index is 933. The Hall–Kier alpha value is -2.53. The van der Waals surface area contributed by atoms with Crippen molar-refractivity contribution in [3.63, 3.8) is 0 Å². The van der Waals surface area contributed by atoms with Gasteiger partial charge in [0.05, 0.1) is 4.90 Å². The van der Waals surface area contributed by atoms with Crippen molar-refractivity contribution in [1.29, 1.82) is 0 Å². The van der Waals surface area contributed by atoms with Gasteiger partial charge < -0.3 is 4.90 Å². The van der Waals surface area contributed by atoms with Gasteiger partial charge in [-0.3, -0.25) is 4.72 Å². The Morgan fingerprint density at radius 3 is 2.13 bits per heavy atom. The van der Waals surface area contributed by atoms with Crippen LogP contribution in [0.15, 0.2) is 71.6 Å². The van der Waals surface area contributed by atoms with Crippen LogP contribution < -0.4 is 9.62 Å². The van der Waals surface area contributed by atoms with Gasteiger partial charge in [-0.25, -0.2) is 8.42 Å². The van der Waals surface area contributed by atoms with E-state index in [9.17, 15) is 8.42 Å². The van der Waals surface area contributed by atoms with Crippen molar-refractivity contribution in [3.8, 4) is 0 Å². The molecule has 0 aliphatic carbocycles. The lowest BCUT2D eigenvalue weighted by atomic mass is 10.1. The van der Waals surface area contributed by atoms with Crippen LogP contribution in [-0.4, -0.2) is 22.5 Å². The third-order valence-electron chi connectivity index (χ3n) is 3.67.